The van der Waals surface area contributed by atoms with E-state index in [-0.39, 0.29) is 9.90 Å². The second-order valence-corrected chi connectivity index (χ2v) is 4.51. The van der Waals surface area contributed by atoms with Gasteiger partial charge in [-0.3, -0.25) is 0 Å². The van der Waals surface area contributed by atoms with Gasteiger partial charge in [0, 0.05) is 21.0 Å². The standard InChI is InChI=1S/C16H11N.P/c17-14-9-7-12-5-4-10-2-1-3-11-6-8-13(14)16(12)15(10)11;/h1-9H,17H2;. The third-order valence-electron chi connectivity index (χ3n) is 3.56. The topological polar surface area (TPSA) is 26.0 Å². The molecule has 3 radical (unpaired) electrons. The van der Waals surface area contributed by atoms with Gasteiger partial charge in [0.2, 0.25) is 0 Å². The van der Waals surface area contributed by atoms with E-state index >= 15 is 0 Å². The predicted molar refractivity (Wildman–Crippen MR) is 81.5 cm³/mol. The van der Waals surface area contributed by atoms with Crippen molar-refractivity contribution in [2.45, 2.75) is 0 Å². The molecule has 0 amide bonds. The number of anilines is 1. The molecule has 2 N–H and O–H groups in total. The van der Waals surface area contributed by atoms with E-state index in [4.69, 9.17) is 5.73 Å². The number of rotatable bonds is 0. The van der Waals surface area contributed by atoms with Crippen LogP contribution < -0.4 is 5.73 Å². The van der Waals surface area contributed by atoms with Crippen molar-refractivity contribution in [1.82, 2.24) is 0 Å². The van der Waals surface area contributed by atoms with Gasteiger partial charge in [0.15, 0.2) is 0 Å². The highest BCUT2D eigenvalue weighted by atomic mass is 31.0. The summed E-state index contributed by atoms with van der Waals surface area (Å²) in [7, 11) is 0. The minimum Gasteiger partial charge on any atom is -0.398 e. The molecule has 0 fully saturated rings. The van der Waals surface area contributed by atoms with Crippen molar-refractivity contribution in [3.05, 3.63) is 54.6 Å². The molecule has 4 rings (SSSR count). The fourth-order valence-electron chi connectivity index (χ4n) is 2.76. The van der Waals surface area contributed by atoms with Crippen molar-refractivity contribution in [3.63, 3.8) is 0 Å². The molecular weight excluding hydrogens is 237 g/mol. The lowest BCUT2D eigenvalue weighted by atomic mass is 9.94. The Labute approximate surface area is 109 Å². The highest BCUT2D eigenvalue weighted by Crippen LogP contribution is 2.36. The Hall–Kier alpha value is -1.85. The molecule has 0 atom stereocenters. The highest BCUT2D eigenvalue weighted by molar-refractivity contribution is 6.92. The number of nitrogen functional groups attached to an aromatic ring is 1. The maximum Gasteiger partial charge on any atom is 0.0394 e. The van der Waals surface area contributed by atoms with Crippen LogP contribution >= 0.6 is 9.90 Å². The Morgan fingerprint density at radius 3 is 1.89 bits per heavy atom. The number of benzene rings is 4. The maximum absolute atomic E-state index is 6.07. The summed E-state index contributed by atoms with van der Waals surface area (Å²) in [5, 5.41) is 7.61. The monoisotopic (exact) mass is 248 g/mol. The molecule has 1 nitrogen and oxygen atoms in total. The van der Waals surface area contributed by atoms with Gasteiger partial charge in [-0.1, -0.05) is 48.5 Å². The van der Waals surface area contributed by atoms with Crippen LogP contribution in [0.5, 0.6) is 0 Å². The second-order valence-electron chi connectivity index (χ2n) is 4.51. The van der Waals surface area contributed by atoms with Crippen LogP contribution in [0.15, 0.2) is 54.6 Å². The highest BCUT2D eigenvalue weighted by Gasteiger charge is 2.08. The zero-order valence-corrected chi connectivity index (χ0v) is 10.6. The van der Waals surface area contributed by atoms with Crippen molar-refractivity contribution < 1.29 is 0 Å². The van der Waals surface area contributed by atoms with Gasteiger partial charge >= 0.3 is 0 Å². The summed E-state index contributed by atoms with van der Waals surface area (Å²) < 4.78 is 0. The van der Waals surface area contributed by atoms with Crippen LogP contribution in [0, 0.1) is 0 Å². The summed E-state index contributed by atoms with van der Waals surface area (Å²) in [5.41, 5.74) is 6.92. The van der Waals surface area contributed by atoms with Crippen LogP contribution in [0.4, 0.5) is 5.69 Å². The van der Waals surface area contributed by atoms with E-state index in [1.807, 2.05) is 6.07 Å². The Morgan fingerprint density at radius 2 is 1.17 bits per heavy atom. The average Bonchev–Trinajstić information content (AvgIpc) is 2.38. The molecule has 0 aliphatic heterocycles. The second kappa shape index (κ2) is 3.83. The van der Waals surface area contributed by atoms with E-state index < -0.39 is 0 Å². The van der Waals surface area contributed by atoms with E-state index in [2.05, 4.69) is 48.5 Å². The number of hydrogen-bond donors (Lipinski definition) is 1. The molecule has 18 heavy (non-hydrogen) atoms. The van der Waals surface area contributed by atoms with E-state index in [0.29, 0.717) is 0 Å². The Morgan fingerprint density at radius 1 is 0.611 bits per heavy atom. The normalized spacial score (nSPS) is 11.1. The van der Waals surface area contributed by atoms with Crippen molar-refractivity contribution in [2.24, 2.45) is 0 Å². The Bertz CT molecular complexity index is 836. The lowest BCUT2D eigenvalue weighted by molar-refractivity contribution is 1.76. The van der Waals surface area contributed by atoms with Gasteiger partial charge in [0.1, 0.15) is 0 Å². The fourth-order valence-corrected chi connectivity index (χ4v) is 2.76. The van der Waals surface area contributed by atoms with Crippen molar-refractivity contribution >= 4 is 47.9 Å². The zero-order chi connectivity index (χ0) is 11.4. The van der Waals surface area contributed by atoms with Crippen molar-refractivity contribution in [1.29, 1.82) is 0 Å². The van der Waals surface area contributed by atoms with Gasteiger partial charge in [0.25, 0.3) is 0 Å². The summed E-state index contributed by atoms with van der Waals surface area (Å²) in [4.78, 5) is 0. The molecule has 0 aliphatic rings. The van der Waals surface area contributed by atoms with Gasteiger partial charge in [-0.05, 0) is 33.0 Å². The number of hydrogen-bond acceptors (Lipinski definition) is 1. The summed E-state index contributed by atoms with van der Waals surface area (Å²) in [6.45, 7) is 0. The lowest BCUT2D eigenvalue weighted by Gasteiger charge is -2.11. The molecule has 0 aromatic heterocycles. The van der Waals surface area contributed by atoms with E-state index in [9.17, 15) is 0 Å². The minimum absolute atomic E-state index is 0. The van der Waals surface area contributed by atoms with Crippen LogP contribution in [0.25, 0.3) is 32.3 Å². The van der Waals surface area contributed by atoms with Gasteiger partial charge < -0.3 is 5.73 Å². The smallest absolute Gasteiger partial charge is 0.0394 e. The van der Waals surface area contributed by atoms with Gasteiger partial charge in [-0.15, -0.1) is 0 Å². The fraction of sp³-hybridized carbons (Fsp3) is 0. The quantitative estimate of drug-likeness (QED) is 0.264. The minimum atomic E-state index is 0. The third-order valence-corrected chi connectivity index (χ3v) is 3.56. The average molecular weight is 248 g/mol. The van der Waals surface area contributed by atoms with Crippen LogP contribution in [0.1, 0.15) is 0 Å². The first-order valence-corrected chi connectivity index (χ1v) is 5.76. The molecule has 0 heterocycles. The molecule has 0 bridgehead atoms. The molecule has 85 valence electrons. The largest absolute Gasteiger partial charge is 0.398 e. The van der Waals surface area contributed by atoms with Crippen LogP contribution in [0.3, 0.4) is 0 Å². The maximum atomic E-state index is 6.07. The Kier molecular flexibility index (Phi) is 2.39. The van der Waals surface area contributed by atoms with Crippen LogP contribution in [-0.2, 0) is 0 Å². The molecule has 4 aromatic rings. The number of nitrogens with two attached hydrogens (primary N) is 1. The van der Waals surface area contributed by atoms with Gasteiger partial charge in [-0.2, -0.15) is 0 Å². The van der Waals surface area contributed by atoms with Crippen molar-refractivity contribution in [2.75, 3.05) is 5.73 Å². The molecule has 0 unspecified atom stereocenters. The molecular formula is C16H11NP. The summed E-state index contributed by atoms with van der Waals surface area (Å²) >= 11 is 0. The first-order chi connectivity index (χ1) is 8.34. The Balaban J connectivity index is 0.000001000. The van der Waals surface area contributed by atoms with E-state index in [0.717, 1.165) is 11.1 Å². The predicted octanol–water partition coefficient (Wildman–Crippen LogP) is 5.03. The summed E-state index contributed by atoms with van der Waals surface area (Å²) in [6.07, 6.45) is 0. The molecule has 0 saturated carbocycles. The van der Waals surface area contributed by atoms with Crippen molar-refractivity contribution in [3.8, 4) is 0 Å². The molecule has 2 heteroatoms. The molecule has 0 saturated heterocycles. The summed E-state index contributed by atoms with van der Waals surface area (Å²) in [6, 6.07) is 19.1. The third kappa shape index (κ3) is 1.31. The lowest BCUT2D eigenvalue weighted by Crippen LogP contribution is -1.89. The molecule has 4 aromatic carbocycles. The van der Waals surface area contributed by atoms with Gasteiger partial charge in [0.05, 0.1) is 0 Å². The van der Waals surface area contributed by atoms with E-state index in [1.54, 1.807) is 0 Å². The van der Waals surface area contributed by atoms with E-state index in [1.165, 1.54) is 26.9 Å². The first kappa shape index (κ1) is 11.3. The zero-order valence-electron chi connectivity index (χ0n) is 9.72. The van der Waals surface area contributed by atoms with Gasteiger partial charge in [-0.25, -0.2) is 0 Å². The SMILES string of the molecule is Nc1ccc2ccc3cccc4ccc1c2c34.[P]. The molecule has 0 spiro atoms. The van der Waals surface area contributed by atoms with Crippen LogP contribution in [0.2, 0.25) is 0 Å². The van der Waals surface area contributed by atoms with Crippen LogP contribution in [-0.4, -0.2) is 0 Å². The first-order valence-electron chi connectivity index (χ1n) is 5.76. The summed E-state index contributed by atoms with van der Waals surface area (Å²) in [5.74, 6) is 0. The molecule has 0 aliphatic carbocycles.